The quantitative estimate of drug-likeness (QED) is 0.239. The van der Waals surface area contributed by atoms with E-state index in [1.165, 1.54) is 0 Å². The van der Waals surface area contributed by atoms with E-state index in [4.69, 9.17) is 0 Å². The summed E-state index contributed by atoms with van der Waals surface area (Å²) < 4.78 is 0. The van der Waals surface area contributed by atoms with Gasteiger partial charge in [0.05, 0.1) is 11.5 Å². The first-order valence-electron chi connectivity index (χ1n) is 13.3. The molecule has 3 aliphatic carbocycles. The minimum absolute atomic E-state index is 0.0990. The minimum Gasteiger partial charge on any atom is -0.298 e. The number of Topliss-reactive ketones (excluding diaryl/α,β-unsaturated/α-hetero) is 4. The number of hydrogen-bond acceptors (Lipinski definition) is 4. The van der Waals surface area contributed by atoms with Crippen molar-refractivity contribution in [2.45, 2.75) is 45.4 Å². The molecule has 4 heteroatoms. The van der Waals surface area contributed by atoms with Gasteiger partial charge in [0.25, 0.3) is 0 Å². The third kappa shape index (κ3) is 3.82. The predicted octanol–water partition coefficient (Wildman–Crippen LogP) is 6.31. The summed E-state index contributed by atoms with van der Waals surface area (Å²) in [5.74, 6) is -3.45. The first-order valence-corrected chi connectivity index (χ1v) is 13.3. The van der Waals surface area contributed by atoms with Crippen LogP contribution in [-0.2, 0) is 16.0 Å². The summed E-state index contributed by atoms with van der Waals surface area (Å²) >= 11 is 0. The number of benzene rings is 3. The van der Waals surface area contributed by atoms with E-state index < -0.39 is 17.8 Å². The Kier molecular flexibility index (Phi) is 5.68. The lowest BCUT2D eigenvalue weighted by atomic mass is 9.83. The average molecular weight is 503 g/mol. The van der Waals surface area contributed by atoms with E-state index in [0.717, 1.165) is 17.5 Å². The van der Waals surface area contributed by atoms with E-state index in [2.05, 4.69) is 20.8 Å². The number of carbonyl (C=O) groups excluding carboxylic acids is 4. The Balaban J connectivity index is 1.45. The average Bonchev–Trinajstić information content (AvgIpc) is 3.49. The summed E-state index contributed by atoms with van der Waals surface area (Å²) in [5, 5.41) is 0. The molecule has 4 unspecified atom stereocenters. The van der Waals surface area contributed by atoms with Gasteiger partial charge in [-0.25, -0.2) is 0 Å². The van der Waals surface area contributed by atoms with Gasteiger partial charge in [-0.15, -0.1) is 0 Å². The summed E-state index contributed by atoms with van der Waals surface area (Å²) in [6, 6.07) is 24.3. The highest BCUT2D eigenvalue weighted by Crippen LogP contribution is 2.56. The Labute approximate surface area is 222 Å². The lowest BCUT2D eigenvalue weighted by Gasteiger charge is -2.19. The summed E-state index contributed by atoms with van der Waals surface area (Å²) in [5.41, 5.74) is 4.32. The number of ketones is 4. The maximum Gasteiger partial charge on any atom is 0.197 e. The van der Waals surface area contributed by atoms with Crippen LogP contribution in [0.5, 0.6) is 0 Å². The Hall–Kier alpha value is -3.92. The molecular weight excluding hydrogens is 472 g/mol. The zero-order valence-corrected chi connectivity index (χ0v) is 21.9. The zero-order valence-electron chi connectivity index (χ0n) is 21.9. The van der Waals surface area contributed by atoms with Gasteiger partial charge in [-0.1, -0.05) is 99.6 Å². The van der Waals surface area contributed by atoms with Crippen LogP contribution in [0.4, 0.5) is 0 Å². The first kappa shape index (κ1) is 24.4. The molecule has 2 fully saturated rings. The standard InChI is InChI=1S/C34H30O4/c1-34(2,3)18-19-13-15-21(16-14-19)26-32(37)27-24(20-9-5-4-6-10-20)17-25(28(27)33(26)38)29-30(35)22-11-7-8-12-23(22)31(29)36/h4-16,24,26-28H,17-18H2,1-3H3. The summed E-state index contributed by atoms with van der Waals surface area (Å²) in [4.78, 5) is 55.0. The van der Waals surface area contributed by atoms with Crippen molar-refractivity contribution in [3.63, 3.8) is 0 Å². The van der Waals surface area contributed by atoms with Crippen LogP contribution in [0, 0.1) is 17.3 Å². The van der Waals surface area contributed by atoms with Gasteiger partial charge in [0.2, 0.25) is 0 Å². The molecule has 6 rings (SSSR count). The number of carbonyl (C=O) groups is 4. The van der Waals surface area contributed by atoms with Crippen LogP contribution in [-0.4, -0.2) is 23.1 Å². The number of allylic oxidation sites excluding steroid dienone is 2. The van der Waals surface area contributed by atoms with Gasteiger partial charge in [-0.05, 0) is 46.4 Å². The van der Waals surface area contributed by atoms with Crippen molar-refractivity contribution < 1.29 is 19.2 Å². The largest absolute Gasteiger partial charge is 0.298 e. The molecule has 3 aromatic rings. The van der Waals surface area contributed by atoms with E-state index in [1.54, 1.807) is 24.3 Å². The molecule has 3 aliphatic rings. The fourth-order valence-electron chi connectivity index (χ4n) is 6.76. The van der Waals surface area contributed by atoms with Crippen LogP contribution in [0.2, 0.25) is 0 Å². The van der Waals surface area contributed by atoms with Crippen molar-refractivity contribution >= 4 is 23.1 Å². The molecule has 0 N–H and O–H groups in total. The van der Waals surface area contributed by atoms with E-state index in [0.29, 0.717) is 28.7 Å². The molecular formula is C34H30O4. The second-order valence-corrected chi connectivity index (χ2v) is 12.0. The van der Waals surface area contributed by atoms with E-state index in [-0.39, 0.29) is 40.0 Å². The highest BCUT2D eigenvalue weighted by Gasteiger charge is 2.59. The van der Waals surface area contributed by atoms with Gasteiger partial charge in [0, 0.05) is 17.0 Å². The van der Waals surface area contributed by atoms with Crippen molar-refractivity contribution in [1.29, 1.82) is 0 Å². The SMILES string of the molecule is CC(C)(C)Cc1ccc(C2C(=O)C3C(=C4C(=O)c5ccccc5C4=O)CC(c4ccccc4)C3C2=O)cc1. The lowest BCUT2D eigenvalue weighted by molar-refractivity contribution is -0.125. The van der Waals surface area contributed by atoms with Crippen molar-refractivity contribution in [2.75, 3.05) is 0 Å². The Bertz CT molecular complexity index is 1480. The van der Waals surface area contributed by atoms with Crippen molar-refractivity contribution in [1.82, 2.24) is 0 Å². The fourth-order valence-corrected chi connectivity index (χ4v) is 6.76. The van der Waals surface area contributed by atoms with Crippen LogP contribution in [0.3, 0.4) is 0 Å². The van der Waals surface area contributed by atoms with Crippen LogP contribution in [0.25, 0.3) is 0 Å². The minimum atomic E-state index is -0.884. The van der Waals surface area contributed by atoms with Gasteiger partial charge in [0.1, 0.15) is 5.92 Å². The van der Waals surface area contributed by atoms with Gasteiger partial charge < -0.3 is 0 Å². The number of fused-ring (bicyclic) bond motifs is 2. The maximum absolute atomic E-state index is 14.1. The molecule has 2 saturated carbocycles. The molecule has 4 atom stereocenters. The number of rotatable bonds is 3. The normalized spacial score (nSPS) is 24.8. The Morgan fingerprint density at radius 3 is 1.84 bits per heavy atom. The molecule has 190 valence electrons. The molecule has 38 heavy (non-hydrogen) atoms. The number of hydrogen-bond donors (Lipinski definition) is 0. The lowest BCUT2D eigenvalue weighted by Crippen LogP contribution is -2.19. The molecule has 4 nitrogen and oxygen atoms in total. The summed E-state index contributed by atoms with van der Waals surface area (Å²) in [7, 11) is 0. The fraction of sp³-hybridized carbons (Fsp3) is 0.294. The predicted molar refractivity (Wildman–Crippen MR) is 145 cm³/mol. The molecule has 0 spiro atoms. The van der Waals surface area contributed by atoms with Gasteiger partial charge >= 0.3 is 0 Å². The molecule has 0 saturated heterocycles. The van der Waals surface area contributed by atoms with E-state index in [9.17, 15) is 19.2 Å². The van der Waals surface area contributed by atoms with Crippen LogP contribution in [0.15, 0.2) is 90.0 Å². The van der Waals surface area contributed by atoms with Crippen LogP contribution < -0.4 is 0 Å². The third-order valence-electron chi connectivity index (χ3n) is 8.28. The molecule has 0 radical (unpaired) electrons. The third-order valence-corrected chi connectivity index (χ3v) is 8.28. The monoisotopic (exact) mass is 502 g/mol. The zero-order chi connectivity index (χ0) is 26.8. The molecule has 3 aromatic carbocycles. The molecule has 0 aliphatic heterocycles. The second kappa shape index (κ2) is 8.83. The van der Waals surface area contributed by atoms with Gasteiger partial charge in [-0.3, -0.25) is 19.2 Å². The van der Waals surface area contributed by atoms with Crippen LogP contribution in [0.1, 0.15) is 76.4 Å². The first-order chi connectivity index (χ1) is 18.2. The van der Waals surface area contributed by atoms with Crippen molar-refractivity contribution in [3.05, 3.63) is 118 Å². The van der Waals surface area contributed by atoms with Crippen molar-refractivity contribution in [3.8, 4) is 0 Å². The summed E-state index contributed by atoms with van der Waals surface area (Å²) in [6.07, 6.45) is 1.25. The van der Waals surface area contributed by atoms with Gasteiger partial charge in [-0.2, -0.15) is 0 Å². The topological polar surface area (TPSA) is 68.3 Å². The van der Waals surface area contributed by atoms with E-state index in [1.807, 2.05) is 54.6 Å². The Morgan fingerprint density at radius 1 is 0.684 bits per heavy atom. The highest BCUT2D eigenvalue weighted by molar-refractivity contribution is 6.40. The van der Waals surface area contributed by atoms with Crippen molar-refractivity contribution in [2.24, 2.45) is 17.3 Å². The summed E-state index contributed by atoms with van der Waals surface area (Å²) in [6.45, 7) is 6.53. The molecule has 0 bridgehead atoms. The molecule has 0 heterocycles. The maximum atomic E-state index is 14.1. The smallest absolute Gasteiger partial charge is 0.197 e. The van der Waals surface area contributed by atoms with E-state index >= 15 is 0 Å². The molecule has 0 aromatic heterocycles. The second-order valence-electron chi connectivity index (χ2n) is 12.0. The van der Waals surface area contributed by atoms with Crippen LogP contribution >= 0.6 is 0 Å². The Morgan fingerprint density at radius 2 is 1.26 bits per heavy atom. The highest BCUT2D eigenvalue weighted by atomic mass is 16.2. The van der Waals surface area contributed by atoms with Gasteiger partial charge in [0.15, 0.2) is 23.1 Å². The molecule has 0 amide bonds.